The van der Waals surface area contributed by atoms with E-state index in [2.05, 4.69) is 14.9 Å². The normalized spacial score (nSPS) is 22.5. The average Bonchev–Trinajstić information content (AvgIpc) is 3.12. The minimum atomic E-state index is -0.706. The number of fused-ring (bicyclic) bond motifs is 1. The van der Waals surface area contributed by atoms with Crippen molar-refractivity contribution in [2.45, 2.75) is 13.0 Å². The molecule has 1 atom stereocenters. The van der Waals surface area contributed by atoms with Crippen LogP contribution in [0.15, 0.2) is 34.9 Å². The fourth-order valence-corrected chi connectivity index (χ4v) is 4.48. The average molecular weight is 405 g/mol. The first-order valence-corrected chi connectivity index (χ1v) is 9.90. The van der Waals surface area contributed by atoms with Gasteiger partial charge < -0.3 is 15.1 Å². The summed E-state index contributed by atoms with van der Waals surface area (Å²) < 4.78 is 16.0. The van der Waals surface area contributed by atoms with Crippen LogP contribution in [0.1, 0.15) is 6.92 Å². The van der Waals surface area contributed by atoms with Gasteiger partial charge in [-0.05, 0) is 43.1 Å². The summed E-state index contributed by atoms with van der Waals surface area (Å²) in [6.45, 7) is 4.24. The zero-order chi connectivity index (χ0) is 19.8. The first-order chi connectivity index (χ1) is 13.5. The number of rotatable bonds is 3. The monoisotopic (exact) mass is 405 g/mol. The van der Waals surface area contributed by atoms with Crippen molar-refractivity contribution >= 4 is 35.5 Å². The molecule has 2 fully saturated rings. The predicted molar refractivity (Wildman–Crippen MR) is 103 cm³/mol. The molecule has 3 aliphatic heterocycles. The topological polar surface area (TPSA) is 85.0 Å². The van der Waals surface area contributed by atoms with E-state index >= 15 is 0 Å². The van der Waals surface area contributed by atoms with Crippen molar-refractivity contribution in [1.29, 1.82) is 0 Å². The lowest BCUT2D eigenvalue weighted by molar-refractivity contribution is -0.129. The van der Waals surface area contributed by atoms with Crippen LogP contribution in [0.2, 0.25) is 0 Å². The van der Waals surface area contributed by atoms with Crippen LogP contribution < -0.4 is 14.9 Å². The van der Waals surface area contributed by atoms with E-state index < -0.39 is 12.1 Å². The molecule has 28 heavy (non-hydrogen) atoms. The molecule has 8 nitrogen and oxygen atoms in total. The Morgan fingerprint density at radius 1 is 1.18 bits per heavy atom. The lowest BCUT2D eigenvalue weighted by atomic mass is 10.1. The van der Waals surface area contributed by atoms with Gasteiger partial charge in [-0.2, -0.15) is 0 Å². The minimum absolute atomic E-state index is 0.202. The number of nitrogens with zero attached hydrogens (tertiary/aromatic N) is 3. The SMILES string of the molecule is CCN1C(=O)NC2=C(C(=O)N3CCN(c4ccc(F)cc4)CC3)SNC2C1=O. The number of hydrogen-bond acceptors (Lipinski definition) is 6. The van der Waals surface area contributed by atoms with Crippen LogP contribution >= 0.6 is 11.9 Å². The number of carbonyl (C=O) groups is 3. The lowest BCUT2D eigenvalue weighted by Crippen LogP contribution is -2.58. The molecule has 4 amide bonds. The number of halogens is 1. The molecular weight excluding hydrogens is 385 g/mol. The standard InChI is InChI=1S/C18H20FN5O3S/c1-2-24-16(25)14-13(20-18(24)27)15(28-21-14)17(26)23-9-7-22(8-10-23)12-5-3-11(19)4-6-12/h3-6,14,21H,2,7-10H2,1H3,(H,20,27). The van der Waals surface area contributed by atoms with Gasteiger partial charge in [0.15, 0.2) is 0 Å². The van der Waals surface area contributed by atoms with Crippen molar-refractivity contribution in [3.8, 4) is 0 Å². The number of anilines is 1. The van der Waals surface area contributed by atoms with Crippen molar-refractivity contribution in [1.82, 2.24) is 19.8 Å². The summed E-state index contributed by atoms with van der Waals surface area (Å²) in [5.74, 6) is -0.832. The summed E-state index contributed by atoms with van der Waals surface area (Å²) in [7, 11) is 0. The van der Waals surface area contributed by atoms with Gasteiger partial charge in [-0.15, -0.1) is 0 Å². The highest BCUT2D eigenvalue weighted by Crippen LogP contribution is 2.32. The fourth-order valence-electron chi connectivity index (χ4n) is 3.53. The number of nitrogens with one attached hydrogen (secondary N) is 2. The van der Waals surface area contributed by atoms with Gasteiger partial charge in [0.1, 0.15) is 16.8 Å². The van der Waals surface area contributed by atoms with Gasteiger partial charge in [-0.1, -0.05) is 0 Å². The maximum atomic E-state index is 13.1. The summed E-state index contributed by atoms with van der Waals surface area (Å²) in [5.41, 5.74) is 1.26. The van der Waals surface area contributed by atoms with Gasteiger partial charge in [0.25, 0.3) is 11.8 Å². The molecule has 1 unspecified atom stereocenters. The number of likely N-dealkylation sites (N-methyl/N-ethyl adjacent to an activating group) is 1. The molecule has 148 valence electrons. The van der Waals surface area contributed by atoms with Gasteiger partial charge >= 0.3 is 6.03 Å². The van der Waals surface area contributed by atoms with Crippen LogP contribution in [0.5, 0.6) is 0 Å². The number of benzene rings is 1. The molecule has 1 aromatic carbocycles. The second-order valence-corrected chi connectivity index (χ2v) is 7.51. The van der Waals surface area contributed by atoms with Crippen molar-refractivity contribution in [2.75, 3.05) is 37.6 Å². The predicted octanol–water partition coefficient (Wildman–Crippen LogP) is 0.878. The summed E-state index contributed by atoms with van der Waals surface area (Å²) in [6.07, 6.45) is 0. The van der Waals surface area contributed by atoms with E-state index in [0.29, 0.717) is 36.8 Å². The fraction of sp³-hybridized carbons (Fsp3) is 0.389. The lowest BCUT2D eigenvalue weighted by Gasteiger charge is -2.36. The first kappa shape index (κ1) is 18.8. The van der Waals surface area contributed by atoms with Crippen molar-refractivity contribution in [2.24, 2.45) is 0 Å². The Bertz CT molecular complexity index is 851. The van der Waals surface area contributed by atoms with Gasteiger partial charge in [-0.3, -0.25) is 14.5 Å². The molecule has 2 N–H and O–H groups in total. The molecule has 3 heterocycles. The Hall–Kier alpha value is -2.59. The molecule has 0 spiro atoms. The van der Waals surface area contributed by atoms with Gasteiger partial charge in [-0.25, -0.2) is 13.9 Å². The van der Waals surface area contributed by atoms with Crippen molar-refractivity contribution in [3.05, 3.63) is 40.7 Å². The number of hydrogen-bond donors (Lipinski definition) is 2. The van der Waals surface area contributed by atoms with Crippen LogP contribution in [-0.2, 0) is 9.59 Å². The van der Waals surface area contributed by atoms with E-state index in [1.165, 1.54) is 12.1 Å². The van der Waals surface area contributed by atoms with E-state index in [9.17, 15) is 18.8 Å². The molecule has 3 aliphatic rings. The molecule has 0 bridgehead atoms. The highest BCUT2D eigenvalue weighted by Gasteiger charge is 2.44. The molecule has 0 aliphatic carbocycles. The summed E-state index contributed by atoms with van der Waals surface area (Å²) in [5, 5.41) is 2.69. The third-order valence-corrected chi connectivity index (χ3v) is 6.03. The van der Waals surface area contributed by atoms with E-state index in [0.717, 1.165) is 22.5 Å². The van der Waals surface area contributed by atoms with Crippen LogP contribution in [0, 0.1) is 5.82 Å². The van der Waals surface area contributed by atoms with E-state index in [1.807, 2.05) is 0 Å². The van der Waals surface area contributed by atoms with E-state index in [4.69, 9.17) is 0 Å². The maximum Gasteiger partial charge on any atom is 0.328 e. The Morgan fingerprint density at radius 3 is 2.50 bits per heavy atom. The second kappa shape index (κ2) is 7.44. The molecule has 2 saturated heterocycles. The van der Waals surface area contributed by atoms with E-state index in [1.54, 1.807) is 24.0 Å². The molecule has 0 radical (unpaired) electrons. The van der Waals surface area contributed by atoms with E-state index in [-0.39, 0.29) is 24.2 Å². The Kier molecular flexibility index (Phi) is 4.98. The number of piperazine rings is 1. The van der Waals surface area contributed by atoms with Crippen LogP contribution in [-0.4, -0.2) is 66.4 Å². The van der Waals surface area contributed by atoms with Crippen LogP contribution in [0.4, 0.5) is 14.9 Å². The smallest absolute Gasteiger partial charge is 0.328 e. The quantitative estimate of drug-likeness (QED) is 0.727. The molecule has 1 aromatic rings. The number of carbonyl (C=O) groups excluding carboxylic acids is 3. The summed E-state index contributed by atoms with van der Waals surface area (Å²) in [4.78, 5) is 42.8. The van der Waals surface area contributed by atoms with Crippen LogP contribution in [0.3, 0.4) is 0 Å². The first-order valence-electron chi connectivity index (χ1n) is 9.08. The molecular formula is C18H20FN5O3S. The zero-order valence-corrected chi connectivity index (χ0v) is 16.1. The van der Waals surface area contributed by atoms with Gasteiger partial charge in [0.2, 0.25) is 0 Å². The van der Waals surface area contributed by atoms with Crippen molar-refractivity contribution in [3.63, 3.8) is 0 Å². The Morgan fingerprint density at radius 2 is 1.86 bits per heavy atom. The Balaban J connectivity index is 1.45. The molecule has 4 rings (SSSR count). The third-order valence-electron chi connectivity index (χ3n) is 5.08. The summed E-state index contributed by atoms with van der Waals surface area (Å²) in [6, 6.07) is 5.07. The largest absolute Gasteiger partial charge is 0.368 e. The number of imide groups is 1. The highest BCUT2D eigenvalue weighted by atomic mass is 32.2. The van der Waals surface area contributed by atoms with Crippen molar-refractivity contribution < 1.29 is 18.8 Å². The summed E-state index contributed by atoms with van der Waals surface area (Å²) >= 11 is 1.09. The Labute approximate surface area is 165 Å². The zero-order valence-electron chi connectivity index (χ0n) is 15.3. The second-order valence-electron chi connectivity index (χ2n) is 6.66. The van der Waals surface area contributed by atoms with Crippen LogP contribution in [0.25, 0.3) is 0 Å². The van der Waals surface area contributed by atoms with Gasteiger partial charge in [0.05, 0.1) is 5.70 Å². The third kappa shape index (κ3) is 3.22. The number of urea groups is 1. The number of amides is 4. The molecule has 0 aromatic heterocycles. The highest BCUT2D eigenvalue weighted by molar-refractivity contribution is 8.02. The van der Waals surface area contributed by atoms with Gasteiger partial charge in [0, 0.05) is 38.4 Å². The maximum absolute atomic E-state index is 13.1. The molecule has 0 saturated carbocycles. The molecule has 10 heteroatoms. The minimum Gasteiger partial charge on any atom is -0.368 e.